The highest BCUT2D eigenvalue weighted by Gasteiger charge is 2.14. The van der Waals surface area contributed by atoms with Gasteiger partial charge in [-0.1, -0.05) is 68.3 Å². The normalized spacial score (nSPS) is 11.1. The first kappa shape index (κ1) is 25.6. The topological polar surface area (TPSA) is 84.9 Å². The van der Waals surface area contributed by atoms with E-state index in [0.29, 0.717) is 29.2 Å². The fourth-order valence-electron chi connectivity index (χ4n) is 3.58. The van der Waals surface area contributed by atoms with Crippen LogP contribution in [0, 0.1) is 0 Å². The lowest BCUT2D eigenvalue weighted by molar-refractivity contribution is -0.115. The number of aromatic carboxylic acids is 1. The molecule has 0 saturated carbocycles. The number of unbranched alkanes of at least 4 members (excludes halogenated alkanes) is 2. The average Bonchev–Trinajstić information content (AvgIpc) is 2.89. The summed E-state index contributed by atoms with van der Waals surface area (Å²) in [7, 11) is 1.60. The number of nitrogens with one attached hydrogen (secondary N) is 1. The Morgan fingerprint density at radius 2 is 1.69 bits per heavy atom. The van der Waals surface area contributed by atoms with E-state index < -0.39 is 5.97 Å². The molecule has 6 nitrogen and oxygen atoms in total. The first-order chi connectivity index (χ1) is 17.0. The van der Waals surface area contributed by atoms with Gasteiger partial charge in [-0.3, -0.25) is 4.79 Å². The minimum Gasteiger partial charge on any atom is -0.493 e. The summed E-state index contributed by atoms with van der Waals surface area (Å²) in [5, 5.41) is 12.1. The summed E-state index contributed by atoms with van der Waals surface area (Å²) < 4.78 is 11.4. The quantitative estimate of drug-likeness (QED) is 0.197. The molecule has 0 fully saturated rings. The van der Waals surface area contributed by atoms with Crippen LogP contribution in [0.25, 0.3) is 11.6 Å². The number of benzene rings is 3. The first-order valence-electron chi connectivity index (χ1n) is 11.7. The third kappa shape index (κ3) is 7.47. The van der Waals surface area contributed by atoms with E-state index in [9.17, 15) is 14.7 Å². The van der Waals surface area contributed by atoms with Crippen LogP contribution in [-0.4, -0.2) is 30.7 Å². The Morgan fingerprint density at radius 1 is 0.914 bits per heavy atom. The SMILES string of the molecule is CCCCCOc1ccc(/C=C(/C(=O)NCc2cccc(C(=O)O)c2)c2ccccc2)cc1OC. The van der Waals surface area contributed by atoms with Crippen molar-refractivity contribution in [2.75, 3.05) is 13.7 Å². The fraction of sp³-hybridized carbons (Fsp3) is 0.241. The van der Waals surface area contributed by atoms with Gasteiger partial charge in [0.05, 0.1) is 19.3 Å². The molecule has 3 aromatic rings. The largest absolute Gasteiger partial charge is 0.493 e. The number of carboxylic acids is 1. The highest BCUT2D eigenvalue weighted by molar-refractivity contribution is 6.24. The van der Waals surface area contributed by atoms with Crippen molar-refractivity contribution in [2.45, 2.75) is 32.7 Å². The number of amides is 1. The number of carbonyl (C=O) groups is 2. The molecule has 182 valence electrons. The van der Waals surface area contributed by atoms with E-state index in [-0.39, 0.29) is 18.0 Å². The van der Waals surface area contributed by atoms with Crippen LogP contribution in [0.5, 0.6) is 11.5 Å². The molecule has 0 aliphatic heterocycles. The number of ether oxygens (including phenoxy) is 2. The summed E-state index contributed by atoms with van der Waals surface area (Å²) in [6, 6.07) is 21.5. The van der Waals surface area contributed by atoms with Gasteiger partial charge in [0.2, 0.25) is 0 Å². The van der Waals surface area contributed by atoms with E-state index in [1.807, 2.05) is 54.6 Å². The summed E-state index contributed by atoms with van der Waals surface area (Å²) in [6.07, 6.45) is 5.02. The second-order valence-electron chi connectivity index (χ2n) is 8.08. The number of rotatable bonds is 12. The van der Waals surface area contributed by atoms with Crippen LogP contribution in [0.2, 0.25) is 0 Å². The van der Waals surface area contributed by atoms with Gasteiger partial charge in [0, 0.05) is 12.1 Å². The third-order valence-corrected chi connectivity index (χ3v) is 5.46. The molecule has 2 N–H and O–H groups in total. The summed E-state index contributed by atoms with van der Waals surface area (Å²) >= 11 is 0. The maximum Gasteiger partial charge on any atom is 0.335 e. The minimum absolute atomic E-state index is 0.180. The smallest absolute Gasteiger partial charge is 0.335 e. The van der Waals surface area contributed by atoms with Crippen molar-refractivity contribution in [1.82, 2.24) is 5.32 Å². The predicted molar refractivity (Wildman–Crippen MR) is 138 cm³/mol. The van der Waals surface area contributed by atoms with Crippen LogP contribution in [0.1, 0.15) is 53.2 Å². The number of hydrogen-bond donors (Lipinski definition) is 2. The Labute approximate surface area is 206 Å². The van der Waals surface area contributed by atoms with Gasteiger partial charge in [0.25, 0.3) is 5.91 Å². The second kappa shape index (κ2) is 13.0. The summed E-state index contributed by atoms with van der Waals surface area (Å²) in [4.78, 5) is 24.4. The van der Waals surface area contributed by atoms with Crippen molar-refractivity contribution in [3.05, 3.63) is 95.1 Å². The number of carbonyl (C=O) groups excluding carboxylic acids is 1. The van der Waals surface area contributed by atoms with Gasteiger partial charge in [-0.15, -0.1) is 0 Å². The molecule has 0 aliphatic carbocycles. The Hall–Kier alpha value is -4.06. The minimum atomic E-state index is -1.00. The van der Waals surface area contributed by atoms with Crippen molar-refractivity contribution in [3.8, 4) is 11.5 Å². The maximum atomic E-state index is 13.2. The number of carboxylic acid groups (broad SMARTS) is 1. The molecule has 35 heavy (non-hydrogen) atoms. The molecular formula is C29H31NO5. The second-order valence-corrected chi connectivity index (χ2v) is 8.08. The fourth-order valence-corrected chi connectivity index (χ4v) is 3.58. The lowest BCUT2D eigenvalue weighted by Gasteiger charge is -2.13. The molecule has 3 aromatic carbocycles. The third-order valence-electron chi connectivity index (χ3n) is 5.46. The van der Waals surface area contributed by atoms with Gasteiger partial charge in [-0.05, 0) is 53.5 Å². The van der Waals surface area contributed by atoms with E-state index in [1.54, 1.807) is 25.3 Å². The molecule has 6 heteroatoms. The molecule has 0 radical (unpaired) electrons. The Morgan fingerprint density at radius 3 is 2.40 bits per heavy atom. The van der Waals surface area contributed by atoms with Crippen LogP contribution in [0.4, 0.5) is 0 Å². The van der Waals surface area contributed by atoms with Gasteiger partial charge >= 0.3 is 5.97 Å². The lowest BCUT2D eigenvalue weighted by atomic mass is 10.0. The summed E-state index contributed by atoms with van der Waals surface area (Å²) in [5.41, 5.74) is 2.93. The van der Waals surface area contributed by atoms with E-state index >= 15 is 0 Å². The van der Waals surface area contributed by atoms with E-state index in [4.69, 9.17) is 9.47 Å². The van der Waals surface area contributed by atoms with Gasteiger partial charge in [0.1, 0.15) is 0 Å². The van der Waals surface area contributed by atoms with Crippen molar-refractivity contribution in [3.63, 3.8) is 0 Å². The van der Waals surface area contributed by atoms with Crippen molar-refractivity contribution < 1.29 is 24.2 Å². The molecule has 3 rings (SSSR count). The molecular weight excluding hydrogens is 442 g/mol. The van der Waals surface area contributed by atoms with Crippen molar-refractivity contribution >= 4 is 23.5 Å². The van der Waals surface area contributed by atoms with Gasteiger partial charge in [-0.2, -0.15) is 0 Å². The summed E-state index contributed by atoms with van der Waals surface area (Å²) in [5.74, 6) is 0.00361. The Kier molecular flexibility index (Phi) is 9.49. The maximum absolute atomic E-state index is 13.2. The number of methoxy groups -OCH3 is 1. The van der Waals surface area contributed by atoms with Crippen molar-refractivity contribution in [1.29, 1.82) is 0 Å². The zero-order valence-electron chi connectivity index (χ0n) is 20.1. The molecule has 0 unspecified atom stereocenters. The molecule has 0 aromatic heterocycles. The van der Waals surface area contributed by atoms with Crippen LogP contribution < -0.4 is 14.8 Å². The van der Waals surface area contributed by atoms with E-state index in [1.165, 1.54) is 6.07 Å². The average molecular weight is 474 g/mol. The molecule has 1 amide bonds. The molecule has 0 spiro atoms. The molecule has 0 aliphatic rings. The lowest BCUT2D eigenvalue weighted by Crippen LogP contribution is -2.24. The molecule has 0 saturated heterocycles. The van der Waals surface area contributed by atoms with E-state index in [0.717, 1.165) is 30.4 Å². The molecule has 0 atom stereocenters. The van der Waals surface area contributed by atoms with Crippen LogP contribution in [0.15, 0.2) is 72.8 Å². The zero-order valence-corrected chi connectivity index (χ0v) is 20.1. The summed E-state index contributed by atoms with van der Waals surface area (Å²) in [6.45, 7) is 2.98. The Bertz CT molecular complexity index is 1170. The van der Waals surface area contributed by atoms with E-state index in [2.05, 4.69) is 12.2 Å². The monoisotopic (exact) mass is 473 g/mol. The van der Waals surface area contributed by atoms with Gasteiger partial charge in [-0.25, -0.2) is 4.79 Å². The zero-order chi connectivity index (χ0) is 25.0. The highest BCUT2D eigenvalue weighted by Crippen LogP contribution is 2.30. The van der Waals surface area contributed by atoms with Gasteiger partial charge < -0.3 is 19.9 Å². The standard InChI is InChI=1S/C29H31NO5/c1-3-4-8-16-35-26-15-14-21(19-27(26)34-2)18-25(23-11-6-5-7-12-23)28(31)30-20-22-10-9-13-24(17-22)29(32)33/h5-7,9-15,17-19H,3-4,8,16,20H2,1-2H3,(H,30,31)(H,32,33)/b25-18+. The molecule has 0 bridgehead atoms. The number of hydrogen-bond acceptors (Lipinski definition) is 4. The first-order valence-corrected chi connectivity index (χ1v) is 11.7. The van der Waals surface area contributed by atoms with Crippen LogP contribution in [-0.2, 0) is 11.3 Å². The van der Waals surface area contributed by atoms with Crippen LogP contribution in [0.3, 0.4) is 0 Å². The van der Waals surface area contributed by atoms with Crippen molar-refractivity contribution in [2.24, 2.45) is 0 Å². The Balaban J connectivity index is 1.83. The van der Waals surface area contributed by atoms with Gasteiger partial charge in [0.15, 0.2) is 11.5 Å². The van der Waals surface area contributed by atoms with Crippen LogP contribution >= 0.6 is 0 Å². The molecule has 0 heterocycles. The predicted octanol–water partition coefficient (Wildman–Crippen LogP) is 5.82. The highest BCUT2D eigenvalue weighted by atomic mass is 16.5.